The quantitative estimate of drug-likeness (QED) is 0.780. The Kier molecular flexibility index (Phi) is 5.14. The number of halogens is 3. The number of benzene rings is 1. The molecule has 2 heterocycles. The van der Waals surface area contributed by atoms with E-state index in [9.17, 15) is 23.4 Å². The molecule has 1 aromatic carbocycles. The lowest BCUT2D eigenvalue weighted by molar-refractivity contribution is -0.137. The van der Waals surface area contributed by atoms with Crippen LogP contribution in [0.3, 0.4) is 0 Å². The molecule has 1 aliphatic carbocycles. The third-order valence-electron chi connectivity index (χ3n) is 6.06. The average Bonchev–Trinajstić information content (AvgIpc) is 2.68. The van der Waals surface area contributed by atoms with E-state index in [2.05, 4.69) is 15.1 Å². The normalized spacial score (nSPS) is 22.4. The Morgan fingerprint density at radius 2 is 1.93 bits per heavy atom. The first-order chi connectivity index (χ1) is 13.8. The molecule has 0 saturated heterocycles. The molecule has 1 aliphatic heterocycles. The van der Waals surface area contributed by atoms with Crippen LogP contribution in [-0.4, -0.2) is 39.1 Å². The molecule has 8 heteroatoms. The van der Waals surface area contributed by atoms with Gasteiger partial charge in [0.25, 0.3) is 0 Å². The van der Waals surface area contributed by atoms with E-state index < -0.39 is 17.5 Å². The molecule has 2 atom stereocenters. The molecule has 2 N–H and O–H groups in total. The summed E-state index contributed by atoms with van der Waals surface area (Å²) >= 11 is 0. The Hall–Kier alpha value is -2.35. The lowest BCUT2D eigenvalue weighted by Crippen LogP contribution is -2.43. The number of hydrogen-bond donors (Lipinski definition) is 2. The van der Waals surface area contributed by atoms with Crippen molar-refractivity contribution in [2.24, 2.45) is 0 Å². The van der Waals surface area contributed by atoms with Gasteiger partial charge in [0.1, 0.15) is 5.75 Å². The summed E-state index contributed by atoms with van der Waals surface area (Å²) in [5, 5.41) is 29.0. The maximum Gasteiger partial charge on any atom is 0.416 e. The van der Waals surface area contributed by atoms with Gasteiger partial charge in [-0.3, -0.25) is 0 Å². The van der Waals surface area contributed by atoms with Crippen molar-refractivity contribution in [3.05, 3.63) is 34.9 Å². The highest BCUT2D eigenvalue weighted by atomic mass is 19.4. The Balaban J connectivity index is 1.70. The molecule has 1 fully saturated rings. The van der Waals surface area contributed by atoms with Crippen molar-refractivity contribution >= 4 is 5.82 Å². The summed E-state index contributed by atoms with van der Waals surface area (Å²) in [7, 11) is 0. The molecule has 5 nitrogen and oxygen atoms in total. The van der Waals surface area contributed by atoms with Crippen LogP contribution < -0.4 is 4.90 Å². The smallest absolute Gasteiger partial charge is 0.416 e. The minimum absolute atomic E-state index is 0.219. The van der Waals surface area contributed by atoms with Crippen molar-refractivity contribution in [3.63, 3.8) is 0 Å². The fourth-order valence-corrected chi connectivity index (χ4v) is 4.55. The van der Waals surface area contributed by atoms with E-state index in [0.29, 0.717) is 12.1 Å². The topological polar surface area (TPSA) is 69.5 Å². The van der Waals surface area contributed by atoms with Crippen molar-refractivity contribution in [1.82, 2.24) is 10.2 Å². The molecule has 156 valence electrons. The van der Waals surface area contributed by atoms with Gasteiger partial charge < -0.3 is 15.1 Å². The van der Waals surface area contributed by atoms with Gasteiger partial charge in [-0.2, -0.15) is 13.2 Å². The Labute approximate surface area is 167 Å². The molecule has 2 aromatic rings. The first-order valence-electron chi connectivity index (χ1n) is 9.97. The second-order valence-corrected chi connectivity index (χ2v) is 7.98. The van der Waals surface area contributed by atoms with Gasteiger partial charge in [-0.25, -0.2) is 0 Å². The SMILES string of the molecule is Cc1c(-c2ccc(C(F)(F)F)cc2O)nnc2c1CCCN2[C@H]1CCC[C@H](O)C1. The molecular weight excluding hydrogens is 383 g/mol. The van der Waals surface area contributed by atoms with Crippen LogP contribution in [0, 0.1) is 6.92 Å². The second kappa shape index (κ2) is 7.48. The third kappa shape index (κ3) is 3.77. The molecule has 0 spiro atoms. The number of anilines is 1. The van der Waals surface area contributed by atoms with Crippen molar-refractivity contribution in [1.29, 1.82) is 0 Å². The fourth-order valence-electron chi connectivity index (χ4n) is 4.55. The van der Waals surface area contributed by atoms with Gasteiger partial charge in [0.2, 0.25) is 0 Å². The summed E-state index contributed by atoms with van der Waals surface area (Å²) < 4.78 is 38.7. The number of phenolic OH excluding ortho intramolecular Hbond substituents is 1. The maximum absolute atomic E-state index is 12.9. The maximum atomic E-state index is 12.9. The predicted molar refractivity (Wildman–Crippen MR) is 103 cm³/mol. The summed E-state index contributed by atoms with van der Waals surface area (Å²) in [4.78, 5) is 2.22. The summed E-state index contributed by atoms with van der Waals surface area (Å²) in [5.41, 5.74) is 1.59. The van der Waals surface area contributed by atoms with E-state index in [4.69, 9.17) is 0 Å². The number of alkyl halides is 3. The molecular formula is C21H24F3N3O2. The predicted octanol–water partition coefficient (Wildman–Crippen LogP) is 4.23. The van der Waals surface area contributed by atoms with Gasteiger partial charge in [-0.15, -0.1) is 10.2 Å². The number of fused-ring (bicyclic) bond motifs is 1. The molecule has 1 aromatic heterocycles. The summed E-state index contributed by atoms with van der Waals surface area (Å²) in [6.07, 6.45) is 0.436. The summed E-state index contributed by atoms with van der Waals surface area (Å²) in [6.45, 7) is 2.72. The lowest BCUT2D eigenvalue weighted by Gasteiger charge is -2.40. The first-order valence-corrected chi connectivity index (χ1v) is 9.97. The van der Waals surface area contributed by atoms with Crippen LogP contribution >= 0.6 is 0 Å². The van der Waals surface area contributed by atoms with Gasteiger partial charge in [0.15, 0.2) is 5.82 Å². The number of aromatic hydroxyl groups is 1. The minimum Gasteiger partial charge on any atom is -0.507 e. The molecule has 1 saturated carbocycles. The molecule has 2 aliphatic rings. The van der Waals surface area contributed by atoms with E-state index in [0.717, 1.165) is 67.7 Å². The molecule has 0 bridgehead atoms. The van der Waals surface area contributed by atoms with Gasteiger partial charge >= 0.3 is 6.18 Å². The molecule has 29 heavy (non-hydrogen) atoms. The van der Waals surface area contributed by atoms with Crippen molar-refractivity contribution in [3.8, 4) is 17.0 Å². The number of phenols is 1. The molecule has 0 amide bonds. The zero-order valence-corrected chi connectivity index (χ0v) is 16.2. The monoisotopic (exact) mass is 407 g/mol. The lowest BCUT2D eigenvalue weighted by atomic mass is 9.89. The Morgan fingerprint density at radius 1 is 1.14 bits per heavy atom. The van der Waals surface area contributed by atoms with E-state index >= 15 is 0 Å². The van der Waals surface area contributed by atoms with Crippen LogP contribution in [0.2, 0.25) is 0 Å². The van der Waals surface area contributed by atoms with Gasteiger partial charge in [0, 0.05) is 23.7 Å². The zero-order chi connectivity index (χ0) is 20.8. The van der Waals surface area contributed by atoms with Crippen LogP contribution in [0.25, 0.3) is 11.3 Å². The average molecular weight is 407 g/mol. The van der Waals surface area contributed by atoms with E-state index in [-0.39, 0.29) is 17.7 Å². The Bertz CT molecular complexity index is 917. The van der Waals surface area contributed by atoms with Crippen molar-refractivity contribution < 1.29 is 23.4 Å². The van der Waals surface area contributed by atoms with Crippen LogP contribution in [0.5, 0.6) is 5.75 Å². The summed E-state index contributed by atoms with van der Waals surface area (Å²) in [6, 6.07) is 3.15. The minimum atomic E-state index is -4.52. The van der Waals surface area contributed by atoms with E-state index in [1.807, 2.05) is 6.92 Å². The molecule has 4 rings (SSSR count). The fraction of sp³-hybridized carbons (Fsp3) is 0.524. The number of aliphatic hydroxyl groups excluding tert-OH is 1. The first kappa shape index (κ1) is 19.9. The Morgan fingerprint density at radius 3 is 2.62 bits per heavy atom. The highest BCUT2D eigenvalue weighted by Crippen LogP contribution is 2.40. The van der Waals surface area contributed by atoms with Crippen molar-refractivity contribution in [2.75, 3.05) is 11.4 Å². The standard InChI is InChI=1S/C21H24F3N3O2/c1-12-16-6-3-9-27(14-4-2-5-15(28)11-14)20(16)26-25-19(12)17-8-7-13(10-18(17)29)21(22,23)24/h7-8,10,14-15,28-29H,2-6,9,11H2,1H3/t14-,15-/m0/s1. The largest absolute Gasteiger partial charge is 0.507 e. The van der Waals surface area contributed by atoms with Gasteiger partial charge in [-0.1, -0.05) is 0 Å². The number of aliphatic hydroxyl groups is 1. The molecule has 0 radical (unpaired) electrons. The van der Waals surface area contributed by atoms with E-state index in [1.165, 1.54) is 6.07 Å². The van der Waals surface area contributed by atoms with Crippen LogP contribution in [0.1, 0.15) is 48.8 Å². The highest BCUT2D eigenvalue weighted by Gasteiger charge is 2.33. The zero-order valence-electron chi connectivity index (χ0n) is 16.2. The molecule has 0 unspecified atom stereocenters. The number of rotatable bonds is 2. The third-order valence-corrected chi connectivity index (χ3v) is 6.06. The van der Waals surface area contributed by atoms with Crippen LogP contribution in [0.4, 0.5) is 19.0 Å². The van der Waals surface area contributed by atoms with Gasteiger partial charge in [-0.05, 0) is 69.2 Å². The number of aromatic nitrogens is 2. The number of hydrogen-bond acceptors (Lipinski definition) is 5. The van der Waals surface area contributed by atoms with E-state index in [1.54, 1.807) is 0 Å². The summed E-state index contributed by atoms with van der Waals surface area (Å²) in [5.74, 6) is 0.336. The van der Waals surface area contributed by atoms with Crippen LogP contribution in [0.15, 0.2) is 18.2 Å². The van der Waals surface area contributed by atoms with Gasteiger partial charge in [0.05, 0.1) is 17.4 Å². The van der Waals surface area contributed by atoms with Crippen molar-refractivity contribution in [2.45, 2.75) is 63.8 Å². The van der Waals surface area contributed by atoms with Crippen LogP contribution in [-0.2, 0) is 12.6 Å². The second-order valence-electron chi connectivity index (χ2n) is 7.98. The number of nitrogens with zero attached hydrogens (tertiary/aromatic N) is 3. The highest BCUT2D eigenvalue weighted by molar-refractivity contribution is 5.73.